The first-order valence-electron chi connectivity index (χ1n) is 9.62. The van der Waals surface area contributed by atoms with Gasteiger partial charge in [0.2, 0.25) is 11.8 Å². The number of aromatic nitrogens is 1. The number of nitrogens with one attached hydrogen (secondary N) is 2. The Balaban J connectivity index is 1.32. The molecule has 2 aromatic rings. The van der Waals surface area contributed by atoms with Gasteiger partial charge in [-0.3, -0.25) is 9.59 Å². The third-order valence-electron chi connectivity index (χ3n) is 6.16. The maximum absolute atomic E-state index is 12.7. The third kappa shape index (κ3) is 3.11. The van der Waals surface area contributed by atoms with E-state index in [9.17, 15) is 9.59 Å². The zero-order valence-electron chi connectivity index (χ0n) is 15.5. The molecule has 1 saturated heterocycles. The van der Waals surface area contributed by atoms with Gasteiger partial charge in [-0.25, -0.2) is 0 Å². The predicted molar refractivity (Wildman–Crippen MR) is 102 cm³/mol. The van der Waals surface area contributed by atoms with E-state index >= 15 is 0 Å². The van der Waals surface area contributed by atoms with Crippen LogP contribution in [0, 0.1) is 11.3 Å². The van der Waals surface area contributed by atoms with Crippen molar-refractivity contribution < 1.29 is 9.59 Å². The molecule has 26 heavy (non-hydrogen) atoms. The average molecular weight is 353 g/mol. The summed E-state index contributed by atoms with van der Waals surface area (Å²) in [5.41, 5.74) is 2.39. The molecule has 1 aromatic heterocycles. The van der Waals surface area contributed by atoms with Gasteiger partial charge in [-0.2, -0.15) is 0 Å². The Labute approximate surface area is 154 Å². The second-order valence-corrected chi connectivity index (χ2v) is 8.20. The highest BCUT2D eigenvalue weighted by molar-refractivity contribution is 5.89. The van der Waals surface area contributed by atoms with Crippen molar-refractivity contribution in [1.29, 1.82) is 0 Å². The SMILES string of the molecule is CC(C)C(=O)NC1CC12CCN(C(=O)Cc1c[nH]c3ccccc13)CC2. The van der Waals surface area contributed by atoms with E-state index in [1.54, 1.807) is 0 Å². The van der Waals surface area contributed by atoms with Crippen molar-refractivity contribution in [2.45, 2.75) is 45.6 Å². The molecule has 1 aliphatic carbocycles. The van der Waals surface area contributed by atoms with Gasteiger partial charge in [0.15, 0.2) is 0 Å². The van der Waals surface area contributed by atoms with Crippen LogP contribution < -0.4 is 5.32 Å². The topological polar surface area (TPSA) is 65.2 Å². The molecule has 0 bridgehead atoms. The molecule has 1 aliphatic heterocycles. The van der Waals surface area contributed by atoms with Gasteiger partial charge >= 0.3 is 0 Å². The Kier molecular flexibility index (Phi) is 4.25. The number of aromatic amines is 1. The Bertz CT molecular complexity index is 831. The Hall–Kier alpha value is -2.30. The lowest BCUT2D eigenvalue weighted by Crippen LogP contribution is -2.42. The number of amides is 2. The monoisotopic (exact) mass is 353 g/mol. The third-order valence-corrected chi connectivity index (χ3v) is 6.16. The smallest absolute Gasteiger partial charge is 0.227 e. The molecule has 2 heterocycles. The zero-order valence-corrected chi connectivity index (χ0v) is 15.5. The molecular formula is C21H27N3O2. The first kappa shape index (κ1) is 17.1. The van der Waals surface area contributed by atoms with E-state index in [-0.39, 0.29) is 23.1 Å². The summed E-state index contributed by atoms with van der Waals surface area (Å²) < 4.78 is 0. The van der Waals surface area contributed by atoms with E-state index in [1.165, 1.54) is 0 Å². The number of piperidine rings is 1. The molecule has 1 atom stereocenters. The van der Waals surface area contributed by atoms with E-state index in [4.69, 9.17) is 0 Å². The van der Waals surface area contributed by atoms with E-state index in [1.807, 2.05) is 43.1 Å². The number of benzene rings is 1. The highest BCUT2D eigenvalue weighted by atomic mass is 16.2. The van der Waals surface area contributed by atoms with Crippen LogP contribution in [0.2, 0.25) is 0 Å². The number of fused-ring (bicyclic) bond motifs is 1. The lowest BCUT2D eigenvalue weighted by atomic mass is 9.92. The van der Waals surface area contributed by atoms with Crippen LogP contribution in [0.4, 0.5) is 0 Å². The number of H-pyrrole nitrogens is 1. The zero-order chi connectivity index (χ0) is 18.3. The number of rotatable bonds is 4. The largest absolute Gasteiger partial charge is 0.361 e. The fraction of sp³-hybridized carbons (Fsp3) is 0.524. The van der Waals surface area contributed by atoms with E-state index in [0.717, 1.165) is 48.8 Å². The molecule has 4 rings (SSSR count). The summed E-state index contributed by atoms with van der Waals surface area (Å²) in [4.78, 5) is 29.9. The van der Waals surface area contributed by atoms with Gasteiger partial charge in [-0.1, -0.05) is 32.0 Å². The van der Waals surface area contributed by atoms with E-state index in [0.29, 0.717) is 12.5 Å². The summed E-state index contributed by atoms with van der Waals surface area (Å²) in [6.45, 7) is 5.46. The average Bonchev–Trinajstić information content (AvgIpc) is 3.11. The number of carbonyl (C=O) groups is 2. The minimum absolute atomic E-state index is 0.0329. The van der Waals surface area contributed by atoms with Crippen LogP contribution >= 0.6 is 0 Å². The molecule has 1 aromatic carbocycles. The van der Waals surface area contributed by atoms with Gasteiger partial charge in [0.05, 0.1) is 6.42 Å². The number of nitrogens with zero attached hydrogens (tertiary/aromatic N) is 1. The molecule has 0 radical (unpaired) electrons. The fourth-order valence-electron chi connectivity index (χ4n) is 4.20. The Morgan fingerprint density at radius 1 is 1.27 bits per heavy atom. The van der Waals surface area contributed by atoms with Crippen LogP contribution in [0.3, 0.4) is 0 Å². The van der Waals surface area contributed by atoms with Crippen LogP contribution in [0.1, 0.15) is 38.7 Å². The predicted octanol–water partition coefficient (Wildman–Crippen LogP) is 2.86. The van der Waals surface area contributed by atoms with Crippen molar-refractivity contribution in [2.75, 3.05) is 13.1 Å². The molecule has 2 amide bonds. The van der Waals surface area contributed by atoms with Crippen molar-refractivity contribution in [3.63, 3.8) is 0 Å². The summed E-state index contributed by atoms with van der Waals surface area (Å²) in [6, 6.07) is 8.41. The van der Waals surface area contributed by atoms with Crippen LogP contribution in [-0.2, 0) is 16.0 Å². The summed E-state index contributed by atoms with van der Waals surface area (Å²) in [7, 11) is 0. The molecule has 2 aliphatic rings. The molecule has 1 saturated carbocycles. The van der Waals surface area contributed by atoms with Crippen LogP contribution in [0.15, 0.2) is 30.5 Å². The summed E-state index contributed by atoms with van der Waals surface area (Å²) in [5, 5.41) is 4.30. The molecule has 2 N–H and O–H groups in total. The number of likely N-dealkylation sites (tertiary alicyclic amines) is 1. The molecule has 5 nitrogen and oxygen atoms in total. The van der Waals surface area contributed by atoms with Gasteiger partial charge in [0.1, 0.15) is 0 Å². The Morgan fingerprint density at radius 2 is 2.00 bits per heavy atom. The summed E-state index contributed by atoms with van der Waals surface area (Å²) >= 11 is 0. The fourth-order valence-corrected chi connectivity index (χ4v) is 4.20. The van der Waals surface area contributed by atoms with Crippen molar-refractivity contribution >= 4 is 22.7 Å². The number of hydrogen-bond donors (Lipinski definition) is 2. The van der Waals surface area contributed by atoms with Crippen molar-refractivity contribution in [2.24, 2.45) is 11.3 Å². The first-order valence-corrected chi connectivity index (χ1v) is 9.62. The van der Waals surface area contributed by atoms with Crippen molar-refractivity contribution in [1.82, 2.24) is 15.2 Å². The molecular weight excluding hydrogens is 326 g/mol. The van der Waals surface area contributed by atoms with Gasteiger partial charge in [-0.05, 0) is 36.3 Å². The van der Waals surface area contributed by atoms with Gasteiger partial charge < -0.3 is 15.2 Å². The maximum atomic E-state index is 12.7. The highest BCUT2D eigenvalue weighted by Crippen LogP contribution is 2.54. The maximum Gasteiger partial charge on any atom is 0.227 e. The molecule has 2 fully saturated rings. The second-order valence-electron chi connectivity index (χ2n) is 8.20. The molecule has 1 spiro atoms. The van der Waals surface area contributed by atoms with Gasteiger partial charge in [-0.15, -0.1) is 0 Å². The lowest BCUT2D eigenvalue weighted by Gasteiger charge is -2.33. The highest BCUT2D eigenvalue weighted by Gasteiger charge is 2.55. The lowest BCUT2D eigenvalue weighted by molar-refractivity contribution is -0.132. The van der Waals surface area contributed by atoms with Gasteiger partial charge in [0.25, 0.3) is 0 Å². The second kappa shape index (κ2) is 6.45. The quantitative estimate of drug-likeness (QED) is 0.888. The number of carbonyl (C=O) groups excluding carboxylic acids is 2. The van der Waals surface area contributed by atoms with Crippen LogP contribution in [0.25, 0.3) is 10.9 Å². The normalized spacial score (nSPS) is 21.3. The minimum atomic E-state index is 0.0329. The molecule has 1 unspecified atom stereocenters. The van der Waals surface area contributed by atoms with Crippen molar-refractivity contribution in [3.05, 3.63) is 36.0 Å². The minimum Gasteiger partial charge on any atom is -0.361 e. The molecule has 138 valence electrons. The Morgan fingerprint density at radius 3 is 2.73 bits per heavy atom. The van der Waals surface area contributed by atoms with Gasteiger partial charge in [0, 0.05) is 42.1 Å². The first-order chi connectivity index (χ1) is 12.5. The summed E-state index contributed by atoms with van der Waals surface area (Å²) in [6.07, 6.45) is 5.46. The number of para-hydroxylation sites is 1. The standard InChI is InChI=1S/C21H27N3O2/c1-14(2)20(26)23-18-12-21(18)7-9-24(10-8-21)19(25)11-15-13-22-17-6-4-3-5-16(15)17/h3-6,13-14,18,22H,7-12H2,1-2H3,(H,23,26). The van der Waals surface area contributed by atoms with Crippen LogP contribution in [-0.4, -0.2) is 40.8 Å². The van der Waals surface area contributed by atoms with Crippen molar-refractivity contribution in [3.8, 4) is 0 Å². The van der Waals surface area contributed by atoms with E-state index < -0.39 is 0 Å². The summed E-state index contributed by atoms with van der Waals surface area (Å²) in [5.74, 6) is 0.378. The molecule has 5 heteroatoms. The van der Waals surface area contributed by atoms with E-state index in [2.05, 4.69) is 16.4 Å². The number of hydrogen-bond acceptors (Lipinski definition) is 2. The van der Waals surface area contributed by atoms with Crippen LogP contribution in [0.5, 0.6) is 0 Å².